The van der Waals surface area contributed by atoms with E-state index in [0.717, 1.165) is 37.4 Å². The molecule has 0 radical (unpaired) electrons. The third-order valence-corrected chi connectivity index (χ3v) is 5.98. The predicted molar refractivity (Wildman–Crippen MR) is 149 cm³/mol. The third-order valence-electron chi connectivity index (χ3n) is 5.58. The average Bonchev–Trinajstić information content (AvgIpc) is 2.89. The number of anilines is 3. The first kappa shape index (κ1) is 27.3. The van der Waals surface area contributed by atoms with Gasteiger partial charge in [0.05, 0.1) is 0 Å². The van der Waals surface area contributed by atoms with E-state index in [9.17, 15) is 4.79 Å². The number of amides is 1. The molecule has 0 bridgehead atoms. The lowest BCUT2D eigenvalue weighted by atomic mass is 10.2. The molecule has 5 heteroatoms. The molecule has 1 amide bonds. The number of carbonyl (C=O) groups is 1. The van der Waals surface area contributed by atoms with Crippen LogP contribution in [0.4, 0.5) is 17.1 Å². The number of benzene rings is 3. The average molecular weight is 480 g/mol. The molecule has 0 atom stereocenters. The topological polar surface area (TPSA) is 35.6 Å². The molecular formula is C29H38ClN3O. The zero-order valence-corrected chi connectivity index (χ0v) is 21.9. The van der Waals surface area contributed by atoms with E-state index in [0.29, 0.717) is 11.4 Å². The quantitative estimate of drug-likeness (QED) is 0.425. The summed E-state index contributed by atoms with van der Waals surface area (Å²) in [6, 6.07) is 25.0. The normalized spacial score (nSPS) is 12.6. The van der Waals surface area contributed by atoms with Crippen LogP contribution in [0.1, 0.15) is 38.3 Å². The predicted octanol–water partition coefficient (Wildman–Crippen LogP) is 7.34. The van der Waals surface area contributed by atoms with Gasteiger partial charge in [-0.2, -0.15) is 0 Å². The van der Waals surface area contributed by atoms with Crippen molar-refractivity contribution in [2.45, 2.75) is 41.0 Å². The van der Waals surface area contributed by atoms with Crippen LogP contribution in [0.15, 0.2) is 72.8 Å². The Morgan fingerprint density at radius 2 is 1.35 bits per heavy atom. The van der Waals surface area contributed by atoms with E-state index in [1.807, 2.05) is 39.8 Å². The van der Waals surface area contributed by atoms with Crippen LogP contribution in [-0.4, -0.2) is 32.1 Å². The number of piperazine rings is 1. The highest BCUT2D eigenvalue weighted by Gasteiger charge is 2.17. The number of carbonyl (C=O) groups excluding carboxylic acids is 1. The van der Waals surface area contributed by atoms with Crippen molar-refractivity contribution in [3.05, 3.63) is 88.9 Å². The Hall–Kier alpha value is -2.98. The van der Waals surface area contributed by atoms with Gasteiger partial charge in [0.2, 0.25) is 5.91 Å². The van der Waals surface area contributed by atoms with Crippen LogP contribution in [0.5, 0.6) is 0 Å². The van der Waals surface area contributed by atoms with Gasteiger partial charge in [0.15, 0.2) is 0 Å². The summed E-state index contributed by atoms with van der Waals surface area (Å²) in [6.07, 6.45) is 0.478. The van der Waals surface area contributed by atoms with Gasteiger partial charge in [0.1, 0.15) is 0 Å². The molecule has 0 aromatic heterocycles. The standard InChI is InChI=1S/C17H20N2.C10H12ClNO.C2H6/c1-15-7-9-17(10-8-15)19-13-11-18(12-14-19)16-5-3-2-4-6-16;1-3-10(13)12-8-5-4-7(2)9(11)6-8;1-2/h2-10H,11-14H2,1H3;4-6H,3H2,1-2H3,(H,12,13);1-2H3. The minimum Gasteiger partial charge on any atom is -0.368 e. The monoisotopic (exact) mass is 479 g/mol. The number of rotatable bonds is 4. The largest absolute Gasteiger partial charge is 0.368 e. The second-order valence-corrected chi connectivity index (χ2v) is 8.42. The fourth-order valence-corrected chi connectivity index (χ4v) is 3.72. The molecule has 1 N–H and O–H groups in total. The molecular weight excluding hydrogens is 442 g/mol. The summed E-state index contributed by atoms with van der Waals surface area (Å²) in [6.45, 7) is 14.3. The number of aryl methyl sites for hydroxylation is 2. The van der Waals surface area contributed by atoms with Crippen molar-refractivity contribution < 1.29 is 4.79 Å². The van der Waals surface area contributed by atoms with E-state index in [2.05, 4.69) is 76.6 Å². The second kappa shape index (κ2) is 14.3. The highest BCUT2D eigenvalue weighted by atomic mass is 35.5. The number of para-hydroxylation sites is 1. The molecule has 0 saturated carbocycles. The summed E-state index contributed by atoms with van der Waals surface area (Å²) in [5, 5.41) is 3.41. The molecule has 4 rings (SSSR count). The summed E-state index contributed by atoms with van der Waals surface area (Å²) >= 11 is 5.89. The van der Waals surface area contributed by atoms with Crippen LogP contribution >= 0.6 is 11.6 Å². The molecule has 0 spiro atoms. The Balaban J connectivity index is 0.000000239. The molecule has 34 heavy (non-hydrogen) atoms. The smallest absolute Gasteiger partial charge is 0.224 e. The molecule has 1 heterocycles. The van der Waals surface area contributed by atoms with Gasteiger partial charge in [-0.1, -0.05) is 74.3 Å². The van der Waals surface area contributed by atoms with Crippen molar-refractivity contribution in [1.29, 1.82) is 0 Å². The molecule has 1 aliphatic heterocycles. The minimum atomic E-state index is -0.0000743. The fraction of sp³-hybridized carbons (Fsp3) is 0.345. The van der Waals surface area contributed by atoms with E-state index < -0.39 is 0 Å². The SMILES string of the molecule is CC.CCC(=O)Nc1ccc(C)c(Cl)c1.Cc1ccc(N2CCN(c3ccccc3)CC2)cc1. The van der Waals surface area contributed by atoms with Crippen molar-refractivity contribution in [2.75, 3.05) is 41.3 Å². The highest BCUT2D eigenvalue weighted by Crippen LogP contribution is 2.21. The molecule has 182 valence electrons. The number of nitrogens with one attached hydrogen (secondary N) is 1. The van der Waals surface area contributed by atoms with Crippen molar-refractivity contribution in [3.8, 4) is 0 Å². The summed E-state index contributed by atoms with van der Waals surface area (Å²) in [5.74, 6) is -0.0000743. The lowest BCUT2D eigenvalue weighted by Crippen LogP contribution is -2.46. The summed E-state index contributed by atoms with van der Waals surface area (Å²) in [7, 11) is 0. The fourth-order valence-electron chi connectivity index (χ4n) is 3.54. The van der Waals surface area contributed by atoms with Crippen LogP contribution in [0, 0.1) is 13.8 Å². The summed E-state index contributed by atoms with van der Waals surface area (Å²) in [5.41, 5.74) is 5.77. The van der Waals surface area contributed by atoms with Crippen molar-refractivity contribution in [3.63, 3.8) is 0 Å². The maximum atomic E-state index is 11.0. The van der Waals surface area contributed by atoms with Crippen LogP contribution in [0.25, 0.3) is 0 Å². The van der Waals surface area contributed by atoms with Crippen LogP contribution in [0.2, 0.25) is 5.02 Å². The number of hydrogen-bond donors (Lipinski definition) is 1. The van der Waals surface area contributed by atoms with Gasteiger partial charge in [0, 0.05) is 54.7 Å². The Morgan fingerprint density at radius 1 is 0.824 bits per heavy atom. The second-order valence-electron chi connectivity index (χ2n) is 8.01. The van der Waals surface area contributed by atoms with Crippen LogP contribution in [0.3, 0.4) is 0 Å². The maximum Gasteiger partial charge on any atom is 0.224 e. The van der Waals surface area contributed by atoms with E-state index in [1.165, 1.54) is 16.9 Å². The molecule has 1 fully saturated rings. The lowest BCUT2D eigenvalue weighted by Gasteiger charge is -2.37. The molecule has 3 aromatic rings. The van der Waals surface area contributed by atoms with Crippen LogP contribution < -0.4 is 15.1 Å². The van der Waals surface area contributed by atoms with Crippen molar-refractivity contribution in [2.24, 2.45) is 0 Å². The van der Waals surface area contributed by atoms with Crippen LogP contribution in [-0.2, 0) is 4.79 Å². The van der Waals surface area contributed by atoms with E-state index >= 15 is 0 Å². The number of nitrogens with zero attached hydrogens (tertiary/aromatic N) is 2. The Bertz CT molecular complexity index is 998. The van der Waals surface area contributed by atoms with Gasteiger partial charge in [-0.05, 0) is 55.8 Å². The first-order valence-electron chi connectivity index (χ1n) is 12.1. The van der Waals surface area contributed by atoms with Gasteiger partial charge >= 0.3 is 0 Å². The molecule has 1 saturated heterocycles. The Labute approximate surface area is 210 Å². The Morgan fingerprint density at radius 3 is 1.85 bits per heavy atom. The molecule has 0 unspecified atom stereocenters. The van der Waals surface area contributed by atoms with Gasteiger partial charge in [-0.25, -0.2) is 0 Å². The lowest BCUT2D eigenvalue weighted by molar-refractivity contribution is -0.115. The molecule has 1 aliphatic rings. The van der Waals surface area contributed by atoms with Gasteiger partial charge in [0.25, 0.3) is 0 Å². The number of hydrogen-bond acceptors (Lipinski definition) is 3. The number of halogens is 1. The molecule has 4 nitrogen and oxygen atoms in total. The van der Waals surface area contributed by atoms with Crippen molar-refractivity contribution in [1.82, 2.24) is 0 Å². The molecule has 0 aliphatic carbocycles. The minimum absolute atomic E-state index is 0.0000743. The zero-order chi connectivity index (χ0) is 24.9. The van der Waals surface area contributed by atoms with Gasteiger partial charge in [-0.3, -0.25) is 4.79 Å². The molecule has 3 aromatic carbocycles. The first-order valence-corrected chi connectivity index (χ1v) is 12.5. The van der Waals surface area contributed by atoms with Gasteiger partial charge < -0.3 is 15.1 Å². The van der Waals surface area contributed by atoms with E-state index in [1.54, 1.807) is 6.07 Å². The zero-order valence-electron chi connectivity index (χ0n) is 21.1. The Kier molecular flexibility index (Phi) is 11.5. The van der Waals surface area contributed by atoms with Gasteiger partial charge in [-0.15, -0.1) is 0 Å². The summed E-state index contributed by atoms with van der Waals surface area (Å²) < 4.78 is 0. The van der Waals surface area contributed by atoms with E-state index in [4.69, 9.17) is 11.6 Å². The highest BCUT2D eigenvalue weighted by molar-refractivity contribution is 6.31. The van der Waals surface area contributed by atoms with Crippen molar-refractivity contribution >= 4 is 34.6 Å². The van der Waals surface area contributed by atoms with E-state index in [-0.39, 0.29) is 5.91 Å². The first-order chi connectivity index (χ1) is 16.5. The maximum absolute atomic E-state index is 11.0. The third kappa shape index (κ3) is 8.42. The summed E-state index contributed by atoms with van der Waals surface area (Å²) in [4.78, 5) is 16.0.